The fraction of sp³-hybridized carbons (Fsp3) is 0.409. The average Bonchev–Trinajstić information content (AvgIpc) is 2.70. The van der Waals surface area contributed by atoms with Crippen LogP contribution in [-0.4, -0.2) is 39.3 Å². The van der Waals surface area contributed by atoms with Gasteiger partial charge in [0.1, 0.15) is 0 Å². The Kier molecular flexibility index (Phi) is 12.6. The third kappa shape index (κ3) is 8.75. The van der Waals surface area contributed by atoms with E-state index in [9.17, 15) is 0 Å². The van der Waals surface area contributed by atoms with E-state index in [1.165, 1.54) is 11.1 Å². The number of hydrogen-bond acceptors (Lipinski definition) is 2. The molecule has 0 atom stereocenters. The van der Waals surface area contributed by atoms with Gasteiger partial charge in [0.2, 0.25) is 0 Å². The minimum Gasteiger partial charge on any atom is -0.382 e. The summed E-state index contributed by atoms with van der Waals surface area (Å²) in [5.41, 5.74) is 2.61. The van der Waals surface area contributed by atoms with Crippen molar-refractivity contribution in [3.8, 4) is 0 Å². The Morgan fingerprint density at radius 1 is 0.926 bits per heavy atom. The minimum atomic E-state index is 0. The van der Waals surface area contributed by atoms with Gasteiger partial charge in [0.15, 0.2) is 5.96 Å². The number of benzene rings is 2. The molecule has 5 heteroatoms. The normalized spacial score (nSPS) is 11.1. The molecule has 0 unspecified atom stereocenters. The summed E-state index contributed by atoms with van der Waals surface area (Å²) in [5.74, 6) is 1.13. The topological polar surface area (TPSA) is 45.6 Å². The summed E-state index contributed by atoms with van der Waals surface area (Å²) in [6.07, 6.45) is 2.13. The van der Waals surface area contributed by atoms with Crippen LogP contribution in [0.15, 0.2) is 65.7 Å². The first-order valence-electron chi connectivity index (χ1n) is 9.47. The van der Waals surface area contributed by atoms with E-state index in [1.54, 1.807) is 0 Å². The summed E-state index contributed by atoms with van der Waals surface area (Å²) in [7, 11) is 1.82. The molecular formula is C22H32IN3O. The number of hydrogen-bond donors (Lipinski definition) is 2. The molecule has 0 heterocycles. The summed E-state index contributed by atoms with van der Waals surface area (Å²) in [6.45, 7) is 5.34. The number of nitrogens with zero attached hydrogens (tertiary/aromatic N) is 1. The minimum absolute atomic E-state index is 0. The van der Waals surface area contributed by atoms with Crippen LogP contribution in [-0.2, 0) is 4.74 Å². The van der Waals surface area contributed by atoms with Crippen LogP contribution in [0.3, 0.4) is 0 Å². The van der Waals surface area contributed by atoms with Gasteiger partial charge in [-0.05, 0) is 30.9 Å². The van der Waals surface area contributed by atoms with E-state index < -0.39 is 0 Å². The molecule has 0 radical (unpaired) electrons. The molecular weight excluding hydrogens is 449 g/mol. The molecule has 0 bridgehead atoms. The van der Waals surface area contributed by atoms with Crippen LogP contribution in [0, 0.1) is 0 Å². The number of nitrogens with one attached hydrogen (secondary N) is 2. The van der Waals surface area contributed by atoms with Gasteiger partial charge in [-0.15, -0.1) is 24.0 Å². The lowest BCUT2D eigenvalue weighted by molar-refractivity contribution is 0.143. The maximum Gasteiger partial charge on any atom is 0.191 e. The lowest BCUT2D eigenvalue weighted by Crippen LogP contribution is -2.40. The van der Waals surface area contributed by atoms with E-state index >= 15 is 0 Å². The number of aliphatic imine (C=N–C) groups is 1. The number of unbranched alkanes of at least 4 members (excludes halogenated alkanes) is 1. The van der Waals surface area contributed by atoms with E-state index in [1.807, 2.05) is 14.0 Å². The van der Waals surface area contributed by atoms with Crippen LogP contribution in [0.4, 0.5) is 0 Å². The number of rotatable bonds is 10. The Labute approximate surface area is 180 Å². The molecule has 0 saturated carbocycles. The molecule has 2 N–H and O–H groups in total. The zero-order chi connectivity index (χ0) is 18.5. The van der Waals surface area contributed by atoms with Crippen molar-refractivity contribution in [2.24, 2.45) is 4.99 Å². The standard InChI is InChI=1S/C22H31N3O.HI/c1-3-26-17-11-10-16-24-22(23-2)25-18-21(19-12-6-4-7-13-19)20-14-8-5-9-15-20;/h4-9,12-15,21H,3,10-11,16-18H2,1-2H3,(H2,23,24,25);1H. The van der Waals surface area contributed by atoms with Gasteiger partial charge in [0.25, 0.3) is 0 Å². The van der Waals surface area contributed by atoms with Crippen molar-refractivity contribution in [3.63, 3.8) is 0 Å². The molecule has 27 heavy (non-hydrogen) atoms. The number of guanidine groups is 1. The summed E-state index contributed by atoms with van der Waals surface area (Å²) in [6, 6.07) is 21.2. The van der Waals surface area contributed by atoms with E-state index in [0.29, 0.717) is 0 Å². The second kappa shape index (κ2) is 14.5. The predicted molar refractivity (Wildman–Crippen MR) is 125 cm³/mol. The summed E-state index contributed by atoms with van der Waals surface area (Å²) in [5, 5.41) is 6.86. The highest BCUT2D eigenvalue weighted by Crippen LogP contribution is 2.23. The van der Waals surface area contributed by atoms with Gasteiger partial charge in [-0.3, -0.25) is 4.99 Å². The first-order chi connectivity index (χ1) is 12.8. The Hall–Kier alpha value is -1.60. The third-order valence-corrected chi connectivity index (χ3v) is 4.31. The van der Waals surface area contributed by atoms with Gasteiger partial charge < -0.3 is 15.4 Å². The molecule has 2 aromatic rings. The van der Waals surface area contributed by atoms with Gasteiger partial charge >= 0.3 is 0 Å². The predicted octanol–water partition coefficient (Wildman–Crippen LogP) is 4.42. The largest absolute Gasteiger partial charge is 0.382 e. The van der Waals surface area contributed by atoms with Gasteiger partial charge in [0, 0.05) is 39.3 Å². The van der Waals surface area contributed by atoms with Crippen LogP contribution in [0.5, 0.6) is 0 Å². The van der Waals surface area contributed by atoms with Crippen LogP contribution >= 0.6 is 24.0 Å². The van der Waals surface area contributed by atoms with E-state index in [0.717, 1.165) is 45.1 Å². The average molecular weight is 481 g/mol. The first kappa shape index (κ1) is 23.4. The van der Waals surface area contributed by atoms with E-state index in [4.69, 9.17) is 4.74 Å². The van der Waals surface area contributed by atoms with Crippen molar-refractivity contribution >= 4 is 29.9 Å². The fourth-order valence-corrected chi connectivity index (χ4v) is 2.90. The summed E-state index contributed by atoms with van der Waals surface area (Å²) < 4.78 is 5.37. The molecule has 2 rings (SSSR count). The van der Waals surface area contributed by atoms with Crippen molar-refractivity contribution in [3.05, 3.63) is 71.8 Å². The van der Waals surface area contributed by atoms with E-state index in [2.05, 4.69) is 76.3 Å². The van der Waals surface area contributed by atoms with Crippen molar-refractivity contribution in [2.75, 3.05) is 33.4 Å². The summed E-state index contributed by atoms with van der Waals surface area (Å²) >= 11 is 0. The zero-order valence-corrected chi connectivity index (χ0v) is 18.7. The van der Waals surface area contributed by atoms with Crippen LogP contribution in [0.1, 0.15) is 36.8 Å². The van der Waals surface area contributed by atoms with Crippen molar-refractivity contribution < 1.29 is 4.74 Å². The monoisotopic (exact) mass is 481 g/mol. The van der Waals surface area contributed by atoms with Crippen LogP contribution in [0.25, 0.3) is 0 Å². The zero-order valence-electron chi connectivity index (χ0n) is 16.4. The molecule has 0 spiro atoms. The van der Waals surface area contributed by atoms with Crippen LogP contribution < -0.4 is 10.6 Å². The van der Waals surface area contributed by atoms with Gasteiger partial charge in [-0.25, -0.2) is 0 Å². The highest BCUT2D eigenvalue weighted by molar-refractivity contribution is 14.0. The number of ether oxygens (including phenoxy) is 1. The molecule has 0 aliphatic heterocycles. The van der Waals surface area contributed by atoms with Gasteiger partial charge in [0.05, 0.1) is 0 Å². The molecule has 0 fully saturated rings. The Morgan fingerprint density at radius 2 is 1.52 bits per heavy atom. The van der Waals surface area contributed by atoms with Gasteiger partial charge in [-0.2, -0.15) is 0 Å². The molecule has 148 valence electrons. The first-order valence-corrected chi connectivity index (χ1v) is 9.47. The van der Waals surface area contributed by atoms with Crippen molar-refractivity contribution in [1.82, 2.24) is 10.6 Å². The third-order valence-electron chi connectivity index (χ3n) is 4.31. The Morgan fingerprint density at radius 3 is 2.04 bits per heavy atom. The quantitative estimate of drug-likeness (QED) is 0.229. The molecule has 4 nitrogen and oxygen atoms in total. The molecule has 0 aliphatic rings. The van der Waals surface area contributed by atoms with Crippen molar-refractivity contribution in [1.29, 1.82) is 0 Å². The second-order valence-corrected chi connectivity index (χ2v) is 6.16. The fourth-order valence-electron chi connectivity index (χ4n) is 2.90. The van der Waals surface area contributed by atoms with Crippen molar-refractivity contribution in [2.45, 2.75) is 25.7 Å². The molecule has 0 amide bonds. The van der Waals surface area contributed by atoms with Gasteiger partial charge in [-0.1, -0.05) is 60.7 Å². The molecule has 0 aromatic heterocycles. The molecule has 2 aromatic carbocycles. The lowest BCUT2D eigenvalue weighted by Gasteiger charge is -2.20. The highest BCUT2D eigenvalue weighted by Gasteiger charge is 2.14. The van der Waals surface area contributed by atoms with Crippen LogP contribution in [0.2, 0.25) is 0 Å². The number of halogens is 1. The Balaban J connectivity index is 0.00000364. The maximum atomic E-state index is 5.37. The maximum absolute atomic E-state index is 5.37. The summed E-state index contributed by atoms with van der Waals surface area (Å²) in [4.78, 5) is 4.34. The SMILES string of the molecule is CCOCCCCNC(=NC)NCC(c1ccccc1)c1ccccc1.I. The highest BCUT2D eigenvalue weighted by atomic mass is 127. The Bertz CT molecular complexity index is 595. The molecule has 0 aliphatic carbocycles. The smallest absolute Gasteiger partial charge is 0.191 e. The lowest BCUT2D eigenvalue weighted by atomic mass is 9.91. The van der Waals surface area contributed by atoms with E-state index in [-0.39, 0.29) is 29.9 Å². The molecule has 0 saturated heterocycles. The second-order valence-electron chi connectivity index (χ2n) is 6.16.